The van der Waals surface area contributed by atoms with Crippen LogP contribution in [-0.2, 0) is 0 Å². The Morgan fingerprint density at radius 3 is 2.87 bits per heavy atom. The van der Waals surface area contributed by atoms with Crippen LogP contribution in [0.15, 0.2) is 23.1 Å². The number of rotatable bonds is 2. The Bertz CT molecular complexity index is 329. The smallest absolute Gasteiger partial charge is 0.0579 e. The highest BCUT2D eigenvalue weighted by Crippen LogP contribution is 2.30. The lowest BCUT2D eigenvalue weighted by Crippen LogP contribution is -2.31. The molecule has 0 amide bonds. The van der Waals surface area contributed by atoms with Gasteiger partial charge in [-0.2, -0.15) is 0 Å². The number of piperidine rings is 1. The number of hydrogen-bond donors (Lipinski definition) is 1. The zero-order valence-electron chi connectivity index (χ0n) is 9.55. The molecule has 82 valence electrons. The summed E-state index contributed by atoms with van der Waals surface area (Å²) in [5.74, 6) is 0. The fraction of sp³-hybridized carbons (Fsp3) is 0.538. The molecule has 1 saturated heterocycles. The Hall–Kier alpha value is -0.470. The molecule has 1 fully saturated rings. The maximum absolute atomic E-state index is 3.58. The Morgan fingerprint density at radius 2 is 2.13 bits per heavy atom. The predicted octanol–water partition coefficient (Wildman–Crippen LogP) is 3.50. The summed E-state index contributed by atoms with van der Waals surface area (Å²) >= 11 is 1.99. The lowest BCUT2D eigenvalue weighted by Gasteiger charge is -2.23. The Morgan fingerprint density at radius 1 is 1.27 bits per heavy atom. The van der Waals surface area contributed by atoms with Gasteiger partial charge in [0.2, 0.25) is 0 Å². The normalized spacial score (nSPS) is 21.6. The predicted molar refractivity (Wildman–Crippen MR) is 67.4 cm³/mol. The molecule has 0 aromatic heterocycles. The van der Waals surface area contributed by atoms with Crippen molar-refractivity contribution in [1.82, 2.24) is 5.32 Å². The SMILES string of the molecule is Cc1ccc(C)c(SC2CCCCN2)c1. The summed E-state index contributed by atoms with van der Waals surface area (Å²) in [4.78, 5) is 1.44. The van der Waals surface area contributed by atoms with Crippen molar-refractivity contribution in [3.8, 4) is 0 Å². The van der Waals surface area contributed by atoms with Gasteiger partial charge >= 0.3 is 0 Å². The molecule has 1 aromatic carbocycles. The molecule has 0 saturated carbocycles. The number of benzene rings is 1. The molecule has 0 spiro atoms. The van der Waals surface area contributed by atoms with Crippen molar-refractivity contribution in [1.29, 1.82) is 0 Å². The minimum atomic E-state index is 0.624. The Balaban J connectivity index is 2.05. The van der Waals surface area contributed by atoms with E-state index in [0.717, 1.165) is 0 Å². The van der Waals surface area contributed by atoms with Crippen LogP contribution in [-0.4, -0.2) is 11.9 Å². The number of aryl methyl sites for hydroxylation is 2. The summed E-state index contributed by atoms with van der Waals surface area (Å²) in [5, 5.41) is 4.20. The van der Waals surface area contributed by atoms with Crippen LogP contribution in [0.4, 0.5) is 0 Å². The first-order valence-corrected chi connectivity index (χ1v) is 6.61. The monoisotopic (exact) mass is 221 g/mol. The molecule has 1 N–H and O–H groups in total. The van der Waals surface area contributed by atoms with Gasteiger partial charge in [0.15, 0.2) is 0 Å². The minimum Gasteiger partial charge on any atom is -0.305 e. The number of thioether (sulfide) groups is 1. The summed E-state index contributed by atoms with van der Waals surface area (Å²) in [6.07, 6.45) is 4.01. The second kappa shape index (κ2) is 5.04. The van der Waals surface area contributed by atoms with Gasteiger partial charge in [-0.3, -0.25) is 0 Å². The van der Waals surface area contributed by atoms with Crippen molar-refractivity contribution >= 4 is 11.8 Å². The third kappa shape index (κ3) is 2.99. The third-order valence-electron chi connectivity index (χ3n) is 2.88. The van der Waals surface area contributed by atoms with Gasteiger partial charge in [-0.05, 0) is 56.8 Å². The highest BCUT2D eigenvalue weighted by Gasteiger charge is 2.14. The molecule has 1 aromatic rings. The molecule has 1 nitrogen and oxygen atoms in total. The van der Waals surface area contributed by atoms with Crippen LogP contribution >= 0.6 is 11.8 Å². The van der Waals surface area contributed by atoms with E-state index < -0.39 is 0 Å². The first kappa shape index (κ1) is 11.0. The molecule has 15 heavy (non-hydrogen) atoms. The largest absolute Gasteiger partial charge is 0.305 e. The average Bonchev–Trinajstić information content (AvgIpc) is 2.25. The van der Waals surface area contributed by atoms with E-state index >= 15 is 0 Å². The van der Waals surface area contributed by atoms with E-state index in [4.69, 9.17) is 0 Å². The fourth-order valence-electron chi connectivity index (χ4n) is 1.91. The summed E-state index contributed by atoms with van der Waals surface area (Å²) in [7, 11) is 0. The van der Waals surface area contributed by atoms with Crippen LogP contribution in [0.1, 0.15) is 30.4 Å². The van der Waals surface area contributed by atoms with Crippen molar-refractivity contribution < 1.29 is 0 Å². The van der Waals surface area contributed by atoms with E-state index in [1.165, 1.54) is 41.8 Å². The second-order valence-electron chi connectivity index (χ2n) is 4.33. The molecule has 1 atom stereocenters. The maximum atomic E-state index is 3.58. The maximum Gasteiger partial charge on any atom is 0.0579 e. The lowest BCUT2D eigenvalue weighted by atomic mass is 10.2. The highest BCUT2D eigenvalue weighted by atomic mass is 32.2. The van der Waals surface area contributed by atoms with E-state index in [1.54, 1.807) is 0 Å². The second-order valence-corrected chi connectivity index (χ2v) is 5.57. The van der Waals surface area contributed by atoms with E-state index in [2.05, 4.69) is 37.4 Å². The molecular weight excluding hydrogens is 202 g/mol. The van der Waals surface area contributed by atoms with Crippen LogP contribution in [0, 0.1) is 13.8 Å². The van der Waals surface area contributed by atoms with Crippen LogP contribution in [0.25, 0.3) is 0 Å². The van der Waals surface area contributed by atoms with E-state index in [9.17, 15) is 0 Å². The van der Waals surface area contributed by atoms with Gasteiger partial charge in [-0.1, -0.05) is 12.1 Å². The molecule has 2 heteroatoms. The van der Waals surface area contributed by atoms with Crippen LogP contribution in [0.5, 0.6) is 0 Å². The van der Waals surface area contributed by atoms with Crippen molar-refractivity contribution in [2.24, 2.45) is 0 Å². The topological polar surface area (TPSA) is 12.0 Å². The van der Waals surface area contributed by atoms with Gasteiger partial charge in [-0.15, -0.1) is 11.8 Å². The zero-order valence-corrected chi connectivity index (χ0v) is 10.4. The summed E-state index contributed by atoms with van der Waals surface area (Å²) < 4.78 is 0. The van der Waals surface area contributed by atoms with Gasteiger partial charge < -0.3 is 5.32 Å². The van der Waals surface area contributed by atoms with Gasteiger partial charge in [0.05, 0.1) is 5.37 Å². The molecule has 1 aliphatic heterocycles. The van der Waals surface area contributed by atoms with Gasteiger partial charge in [0, 0.05) is 4.90 Å². The highest BCUT2D eigenvalue weighted by molar-refractivity contribution is 8.00. The van der Waals surface area contributed by atoms with E-state index in [-0.39, 0.29) is 0 Å². The number of hydrogen-bond acceptors (Lipinski definition) is 2. The molecular formula is C13H19NS. The lowest BCUT2D eigenvalue weighted by molar-refractivity contribution is 0.491. The summed E-state index contributed by atoms with van der Waals surface area (Å²) in [6, 6.07) is 6.71. The fourth-order valence-corrected chi connectivity index (χ4v) is 3.21. The molecule has 1 aliphatic rings. The standard InChI is InChI=1S/C13H19NS/c1-10-6-7-11(2)12(9-10)15-13-5-3-4-8-14-13/h6-7,9,13-14H,3-5,8H2,1-2H3. The van der Waals surface area contributed by atoms with Crippen molar-refractivity contribution in [2.45, 2.75) is 43.4 Å². The van der Waals surface area contributed by atoms with Crippen molar-refractivity contribution in [3.63, 3.8) is 0 Å². The number of nitrogens with one attached hydrogen (secondary N) is 1. The van der Waals surface area contributed by atoms with Crippen molar-refractivity contribution in [2.75, 3.05) is 6.54 Å². The Labute approximate surface area is 96.7 Å². The molecule has 0 bridgehead atoms. The first-order valence-electron chi connectivity index (χ1n) is 5.73. The molecule has 1 unspecified atom stereocenters. The zero-order chi connectivity index (χ0) is 10.7. The quantitative estimate of drug-likeness (QED) is 0.820. The summed E-state index contributed by atoms with van der Waals surface area (Å²) in [5.41, 5.74) is 2.76. The third-order valence-corrected chi connectivity index (χ3v) is 4.26. The molecule has 1 heterocycles. The van der Waals surface area contributed by atoms with Gasteiger partial charge in [0.25, 0.3) is 0 Å². The molecule has 0 aliphatic carbocycles. The summed E-state index contributed by atoms with van der Waals surface area (Å²) in [6.45, 7) is 5.55. The molecule has 0 radical (unpaired) electrons. The van der Waals surface area contributed by atoms with Crippen LogP contribution < -0.4 is 5.32 Å². The van der Waals surface area contributed by atoms with Crippen LogP contribution in [0.3, 0.4) is 0 Å². The van der Waals surface area contributed by atoms with Gasteiger partial charge in [0.1, 0.15) is 0 Å². The Kier molecular flexibility index (Phi) is 3.71. The minimum absolute atomic E-state index is 0.624. The van der Waals surface area contributed by atoms with E-state index in [0.29, 0.717) is 5.37 Å². The van der Waals surface area contributed by atoms with E-state index in [1.807, 2.05) is 11.8 Å². The van der Waals surface area contributed by atoms with Crippen LogP contribution in [0.2, 0.25) is 0 Å². The van der Waals surface area contributed by atoms with Crippen molar-refractivity contribution in [3.05, 3.63) is 29.3 Å². The van der Waals surface area contributed by atoms with Gasteiger partial charge in [-0.25, -0.2) is 0 Å². The first-order chi connectivity index (χ1) is 7.25. The molecule has 2 rings (SSSR count). The average molecular weight is 221 g/mol.